The number of thiophene rings is 1. The van der Waals surface area contributed by atoms with Crippen LogP contribution in [0.1, 0.15) is 83.9 Å². The molecule has 2 amide bonds. The lowest BCUT2D eigenvalue weighted by Crippen LogP contribution is -2.47. The van der Waals surface area contributed by atoms with Crippen LogP contribution in [-0.2, 0) is 22.4 Å². The normalized spacial score (nSPS) is 14.7. The molecular formula is C33H42N2O3S. The van der Waals surface area contributed by atoms with Crippen molar-refractivity contribution in [2.24, 2.45) is 0 Å². The van der Waals surface area contributed by atoms with Crippen molar-refractivity contribution in [1.29, 1.82) is 0 Å². The second kappa shape index (κ2) is 15.0. The van der Waals surface area contributed by atoms with Crippen molar-refractivity contribution in [1.82, 2.24) is 9.80 Å². The van der Waals surface area contributed by atoms with E-state index in [-0.39, 0.29) is 24.4 Å². The molecule has 0 fully saturated rings. The summed E-state index contributed by atoms with van der Waals surface area (Å²) in [4.78, 5) is 32.6. The molecule has 1 aliphatic rings. The van der Waals surface area contributed by atoms with Gasteiger partial charge in [-0.25, -0.2) is 0 Å². The smallest absolute Gasteiger partial charge is 0.254 e. The summed E-state index contributed by atoms with van der Waals surface area (Å²) in [7, 11) is 0. The molecular weight excluding hydrogens is 504 g/mol. The van der Waals surface area contributed by atoms with Crippen LogP contribution >= 0.6 is 11.3 Å². The molecule has 0 N–H and O–H groups in total. The van der Waals surface area contributed by atoms with E-state index in [2.05, 4.69) is 42.6 Å². The third-order valence-corrected chi connectivity index (χ3v) is 8.45. The Balaban J connectivity index is 1.49. The SMILES string of the molecule is CCCCCCc1ccc(C(=O)N(CCCOCC)CC(=O)N2CCc3sccc3C2c2ccccc2)cc1. The van der Waals surface area contributed by atoms with Gasteiger partial charge in [-0.2, -0.15) is 0 Å². The summed E-state index contributed by atoms with van der Waals surface area (Å²) in [5, 5.41) is 2.12. The predicted octanol–water partition coefficient (Wildman–Crippen LogP) is 6.91. The first-order chi connectivity index (χ1) is 19.1. The Labute approximate surface area is 237 Å². The molecule has 2 aromatic carbocycles. The van der Waals surface area contributed by atoms with E-state index in [1.54, 1.807) is 16.2 Å². The molecule has 0 saturated heterocycles. The Morgan fingerprint density at radius 1 is 0.974 bits per heavy atom. The highest BCUT2D eigenvalue weighted by atomic mass is 32.1. The Morgan fingerprint density at radius 2 is 1.77 bits per heavy atom. The molecule has 0 bridgehead atoms. The fourth-order valence-corrected chi connectivity index (χ4v) is 6.24. The number of amides is 2. The third-order valence-electron chi connectivity index (χ3n) is 7.46. The summed E-state index contributed by atoms with van der Waals surface area (Å²) >= 11 is 1.76. The van der Waals surface area contributed by atoms with E-state index in [0.29, 0.717) is 38.3 Å². The van der Waals surface area contributed by atoms with Crippen molar-refractivity contribution in [3.8, 4) is 0 Å². The van der Waals surface area contributed by atoms with Crippen LogP contribution in [0.4, 0.5) is 0 Å². The highest BCUT2D eigenvalue weighted by molar-refractivity contribution is 7.10. The van der Waals surface area contributed by atoms with Gasteiger partial charge in [-0.05, 0) is 72.9 Å². The Kier molecular flexibility index (Phi) is 11.2. The number of nitrogens with zero attached hydrogens (tertiary/aromatic N) is 2. The van der Waals surface area contributed by atoms with Crippen molar-refractivity contribution in [3.05, 3.63) is 93.2 Å². The Bertz CT molecular complexity index is 1180. The van der Waals surface area contributed by atoms with Gasteiger partial charge in [0.2, 0.25) is 5.91 Å². The quantitative estimate of drug-likeness (QED) is 0.206. The first kappa shape index (κ1) is 29.0. The average Bonchev–Trinajstić information content (AvgIpc) is 3.46. The highest BCUT2D eigenvalue weighted by Crippen LogP contribution is 2.37. The number of benzene rings is 2. The molecule has 0 aliphatic carbocycles. The van der Waals surface area contributed by atoms with Gasteiger partial charge in [0, 0.05) is 36.7 Å². The van der Waals surface area contributed by atoms with Crippen molar-refractivity contribution in [3.63, 3.8) is 0 Å². The molecule has 39 heavy (non-hydrogen) atoms. The van der Waals surface area contributed by atoms with Crippen LogP contribution in [0.5, 0.6) is 0 Å². The molecule has 0 saturated carbocycles. The average molecular weight is 547 g/mol. The van der Waals surface area contributed by atoms with Gasteiger partial charge < -0.3 is 14.5 Å². The molecule has 5 nitrogen and oxygen atoms in total. The number of rotatable bonds is 14. The number of fused-ring (bicyclic) bond motifs is 1. The molecule has 4 rings (SSSR count). The van der Waals surface area contributed by atoms with Crippen LogP contribution in [0, 0.1) is 0 Å². The molecule has 2 heterocycles. The minimum Gasteiger partial charge on any atom is -0.382 e. The topological polar surface area (TPSA) is 49.9 Å². The number of ether oxygens (including phenoxy) is 1. The summed E-state index contributed by atoms with van der Waals surface area (Å²) in [6.07, 6.45) is 7.47. The van der Waals surface area contributed by atoms with Crippen LogP contribution in [0.2, 0.25) is 0 Å². The summed E-state index contributed by atoms with van der Waals surface area (Å²) in [5.41, 5.74) is 4.20. The van der Waals surface area contributed by atoms with E-state index in [4.69, 9.17) is 4.74 Å². The number of aryl methyl sites for hydroxylation is 1. The lowest BCUT2D eigenvalue weighted by atomic mass is 9.93. The molecule has 6 heteroatoms. The lowest BCUT2D eigenvalue weighted by molar-refractivity contribution is -0.134. The van der Waals surface area contributed by atoms with E-state index in [9.17, 15) is 9.59 Å². The van der Waals surface area contributed by atoms with E-state index >= 15 is 0 Å². The van der Waals surface area contributed by atoms with Crippen LogP contribution in [0.15, 0.2) is 66.0 Å². The van der Waals surface area contributed by atoms with Gasteiger partial charge in [0.05, 0.1) is 6.04 Å². The second-order valence-electron chi connectivity index (χ2n) is 10.2. The van der Waals surface area contributed by atoms with Crippen LogP contribution in [0.3, 0.4) is 0 Å². The number of hydrogen-bond donors (Lipinski definition) is 0. The molecule has 0 spiro atoms. The number of carbonyl (C=O) groups is 2. The van der Waals surface area contributed by atoms with Crippen LogP contribution in [-0.4, -0.2) is 54.5 Å². The van der Waals surface area contributed by atoms with E-state index in [0.717, 1.165) is 18.4 Å². The fourth-order valence-electron chi connectivity index (χ4n) is 5.34. The molecule has 1 unspecified atom stereocenters. The van der Waals surface area contributed by atoms with Gasteiger partial charge in [-0.15, -0.1) is 11.3 Å². The highest BCUT2D eigenvalue weighted by Gasteiger charge is 2.34. The first-order valence-corrected chi connectivity index (χ1v) is 15.4. The van der Waals surface area contributed by atoms with Crippen molar-refractivity contribution in [2.45, 2.75) is 64.8 Å². The van der Waals surface area contributed by atoms with Crippen LogP contribution < -0.4 is 0 Å². The van der Waals surface area contributed by atoms with E-state index in [1.165, 1.54) is 41.7 Å². The lowest BCUT2D eigenvalue weighted by Gasteiger charge is -2.37. The van der Waals surface area contributed by atoms with Crippen molar-refractivity contribution >= 4 is 23.2 Å². The minimum absolute atomic E-state index is 0.0157. The largest absolute Gasteiger partial charge is 0.382 e. The van der Waals surface area contributed by atoms with Gasteiger partial charge in [-0.1, -0.05) is 68.7 Å². The maximum Gasteiger partial charge on any atom is 0.254 e. The van der Waals surface area contributed by atoms with Crippen LogP contribution in [0.25, 0.3) is 0 Å². The van der Waals surface area contributed by atoms with Gasteiger partial charge in [-0.3, -0.25) is 9.59 Å². The predicted molar refractivity (Wildman–Crippen MR) is 159 cm³/mol. The van der Waals surface area contributed by atoms with Crippen molar-refractivity contribution in [2.75, 3.05) is 32.8 Å². The zero-order valence-electron chi connectivity index (χ0n) is 23.4. The van der Waals surface area contributed by atoms with Gasteiger partial charge in [0.15, 0.2) is 0 Å². The molecule has 208 valence electrons. The maximum atomic E-state index is 13.9. The monoisotopic (exact) mass is 546 g/mol. The zero-order valence-corrected chi connectivity index (χ0v) is 24.3. The fraction of sp³-hybridized carbons (Fsp3) is 0.455. The van der Waals surface area contributed by atoms with Gasteiger partial charge in [0.1, 0.15) is 6.54 Å². The Morgan fingerprint density at radius 3 is 2.51 bits per heavy atom. The summed E-state index contributed by atoms with van der Waals surface area (Å²) in [5.74, 6) is -0.111. The third kappa shape index (κ3) is 7.80. The molecule has 3 aromatic rings. The van der Waals surface area contributed by atoms with E-state index < -0.39 is 0 Å². The summed E-state index contributed by atoms with van der Waals surface area (Å²) in [6.45, 7) is 6.59. The molecule has 1 aromatic heterocycles. The first-order valence-electron chi connectivity index (χ1n) is 14.5. The number of hydrogen-bond acceptors (Lipinski definition) is 4. The van der Waals surface area contributed by atoms with Gasteiger partial charge in [0.25, 0.3) is 5.91 Å². The number of carbonyl (C=O) groups excluding carboxylic acids is 2. The maximum absolute atomic E-state index is 13.9. The molecule has 1 aliphatic heterocycles. The molecule has 1 atom stereocenters. The van der Waals surface area contributed by atoms with E-state index in [1.807, 2.05) is 42.2 Å². The minimum atomic E-state index is -0.124. The molecule has 0 radical (unpaired) electrons. The second-order valence-corrected chi connectivity index (χ2v) is 11.2. The van der Waals surface area contributed by atoms with Gasteiger partial charge >= 0.3 is 0 Å². The Hall–Kier alpha value is -2.96. The number of unbranched alkanes of at least 4 members (excludes halogenated alkanes) is 3. The summed E-state index contributed by atoms with van der Waals surface area (Å²) < 4.78 is 5.53. The zero-order chi connectivity index (χ0) is 27.5. The summed E-state index contributed by atoms with van der Waals surface area (Å²) in [6, 6.07) is 20.2. The standard InChI is InChI=1S/C33H42N2O3S/c1-3-5-6-8-12-26-15-17-28(18-16-26)33(37)34(21-11-23-38-4-2)25-31(36)35-22-19-30-29(20-24-39-30)32(35)27-13-9-7-10-14-27/h7,9-10,13-18,20,24,32H,3-6,8,11-12,19,21-23,25H2,1-2H3. The van der Waals surface area contributed by atoms with Crippen molar-refractivity contribution < 1.29 is 14.3 Å².